The molecule has 0 N–H and O–H groups in total. The molecule has 0 aliphatic rings. The fourth-order valence-corrected chi connectivity index (χ4v) is 2.62. The number of halogens is 3. The van der Waals surface area contributed by atoms with Gasteiger partial charge in [-0.2, -0.15) is 0 Å². The SMILES string of the molecule is Clc1ccnc(COc2ccc(Br)cc2Br)c1. The van der Waals surface area contributed by atoms with E-state index in [0.717, 1.165) is 20.4 Å². The predicted octanol–water partition coefficient (Wildman–Crippen LogP) is 4.84. The summed E-state index contributed by atoms with van der Waals surface area (Å²) in [5.41, 5.74) is 0.798. The van der Waals surface area contributed by atoms with Crippen molar-refractivity contribution in [3.05, 3.63) is 56.2 Å². The molecule has 5 heteroatoms. The summed E-state index contributed by atoms with van der Waals surface area (Å²) in [5, 5.41) is 0.661. The van der Waals surface area contributed by atoms with E-state index >= 15 is 0 Å². The number of aromatic nitrogens is 1. The Kier molecular flexibility index (Phi) is 4.42. The zero-order valence-electron chi connectivity index (χ0n) is 8.66. The van der Waals surface area contributed by atoms with E-state index in [9.17, 15) is 0 Å². The molecule has 0 amide bonds. The molecule has 0 radical (unpaired) electrons. The fraction of sp³-hybridized carbons (Fsp3) is 0.0833. The van der Waals surface area contributed by atoms with Crippen molar-refractivity contribution in [1.29, 1.82) is 0 Å². The third-order valence-corrected chi connectivity index (χ3v) is 3.40. The highest BCUT2D eigenvalue weighted by Crippen LogP contribution is 2.28. The first-order chi connectivity index (χ1) is 8.15. The molecule has 2 rings (SSSR count). The number of pyridine rings is 1. The second kappa shape index (κ2) is 5.85. The zero-order chi connectivity index (χ0) is 12.3. The molecule has 0 fully saturated rings. The van der Waals surface area contributed by atoms with Gasteiger partial charge in [0.1, 0.15) is 12.4 Å². The molecule has 2 aromatic rings. The lowest BCUT2D eigenvalue weighted by atomic mass is 10.3. The number of ether oxygens (including phenoxy) is 1. The molecule has 88 valence electrons. The van der Waals surface area contributed by atoms with Crippen LogP contribution in [0.25, 0.3) is 0 Å². The van der Waals surface area contributed by atoms with E-state index < -0.39 is 0 Å². The van der Waals surface area contributed by atoms with Crippen LogP contribution in [-0.4, -0.2) is 4.98 Å². The molecule has 2 nitrogen and oxygen atoms in total. The molecule has 0 spiro atoms. The number of hydrogen-bond acceptors (Lipinski definition) is 2. The number of nitrogens with zero attached hydrogens (tertiary/aromatic N) is 1. The summed E-state index contributed by atoms with van der Waals surface area (Å²) in [6.07, 6.45) is 1.66. The summed E-state index contributed by atoms with van der Waals surface area (Å²) < 4.78 is 7.54. The molecule has 0 atom stereocenters. The van der Waals surface area contributed by atoms with Crippen LogP contribution in [-0.2, 0) is 6.61 Å². The van der Waals surface area contributed by atoms with Crippen molar-refractivity contribution >= 4 is 43.5 Å². The highest BCUT2D eigenvalue weighted by Gasteiger charge is 2.03. The highest BCUT2D eigenvalue weighted by molar-refractivity contribution is 9.11. The Morgan fingerprint density at radius 2 is 2.00 bits per heavy atom. The van der Waals surface area contributed by atoms with Gasteiger partial charge in [0.25, 0.3) is 0 Å². The van der Waals surface area contributed by atoms with Gasteiger partial charge in [0.15, 0.2) is 0 Å². The Hall–Kier alpha value is -0.580. The van der Waals surface area contributed by atoms with Crippen LogP contribution < -0.4 is 4.74 Å². The highest BCUT2D eigenvalue weighted by atomic mass is 79.9. The van der Waals surface area contributed by atoms with E-state index in [2.05, 4.69) is 36.8 Å². The maximum Gasteiger partial charge on any atom is 0.134 e. The Morgan fingerprint density at radius 1 is 1.18 bits per heavy atom. The lowest BCUT2D eigenvalue weighted by molar-refractivity contribution is 0.299. The van der Waals surface area contributed by atoms with Crippen molar-refractivity contribution in [2.75, 3.05) is 0 Å². The van der Waals surface area contributed by atoms with Crippen LogP contribution in [0, 0.1) is 0 Å². The Labute approximate surface area is 121 Å². The van der Waals surface area contributed by atoms with Crippen molar-refractivity contribution < 1.29 is 4.74 Å². The largest absolute Gasteiger partial charge is 0.486 e. The molecule has 17 heavy (non-hydrogen) atoms. The van der Waals surface area contributed by atoms with Crippen molar-refractivity contribution in [2.24, 2.45) is 0 Å². The average molecular weight is 377 g/mol. The average Bonchev–Trinajstić information content (AvgIpc) is 2.28. The minimum Gasteiger partial charge on any atom is -0.486 e. The van der Waals surface area contributed by atoms with Crippen LogP contribution in [0.15, 0.2) is 45.5 Å². The van der Waals surface area contributed by atoms with E-state index in [4.69, 9.17) is 16.3 Å². The third kappa shape index (κ3) is 3.69. The summed E-state index contributed by atoms with van der Waals surface area (Å²) >= 11 is 12.7. The van der Waals surface area contributed by atoms with Gasteiger partial charge in [-0.1, -0.05) is 27.5 Å². The summed E-state index contributed by atoms with van der Waals surface area (Å²) in [4.78, 5) is 4.17. The van der Waals surface area contributed by atoms with Crippen LogP contribution in [0.5, 0.6) is 5.75 Å². The van der Waals surface area contributed by atoms with Crippen LogP contribution in [0.3, 0.4) is 0 Å². The van der Waals surface area contributed by atoms with Crippen molar-refractivity contribution in [3.8, 4) is 5.75 Å². The molecule has 1 heterocycles. The second-order valence-corrected chi connectivity index (χ2v) is 5.54. The summed E-state index contributed by atoms with van der Waals surface area (Å²) in [5.74, 6) is 0.773. The molecule has 0 bridgehead atoms. The number of rotatable bonds is 3. The first kappa shape index (κ1) is 12.9. The molecule has 1 aromatic carbocycles. The Morgan fingerprint density at radius 3 is 2.71 bits per heavy atom. The lowest BCUT2D eigenvalue weighted by Crippen LogP contribution is -1.98. The maximum atomic E-state index is 5.87. The summed E-state index contributed by atoms with van der Waals surface area (Å²) in [6.45, 7) is 0.390. The quantitative estimate of drug-likeness (QED) is 0.764. The minimum absolute atomic E-state index is 0.390. The van der Waals surface area contributed by atoms with Gasteiger partial charge < -0.3 is 4.74 Å². The summed E-state index contributed by atoms with van der Waals surface area (Å²) in [6, 6.07) is 9.26. The first-order valence-corrected chi connectivity index (χ1v) is 6.80. The fourth-order valence-electron chi connectivity index (χ4n) is 1.27. The van der Waals surface area contributed by atoms with Crippen LogP contribution >= 0.6 is 43.5 Å². The number of hydrogen-bond donors (Lipinski definition) is 0. The zero-order valence-corrected chi connectivity index (χ0v) is 12.6. The van der Waals surface area contributed by atoms with E-state index in [-0.39, 0.29) is 0 Å². The van der Waals surface area contributed by atoms with Crippen LogP contribution in [0.2, 0.25) is 5.02 Å². The molecular formula is C12H8Br2ClNO. The third-order valence-electron chi connectivity index (χ3n) is 2.05. The van der Waals surface area contributed by atoms with Gasteiger partial charge in [-0.15, -0.1) is 0 Å². The van der Waals surface area contributed by atoms with E-state index in [1.54, 1.807) is 18.3 Å². The lowest BCUT2D eigenvalue weighted by Gasteiger charge is -2.08. The maximum absolute atomic E-state index is 5.87. The Bertz CT molecular complexity index is 534. The molecular weight excluding hydrogens is 369 g/mol. The number of benzene rings is 1. The monoisotopic (exact) mass is 375 g/mol. The summed E-state index contributed by atoms with van der Waals surface area (Å²) in [7, 11) is 0. The Balaban J connectivity index is 2.07. The van der Waals surface area contributed by atoms with Gasteiger partial charge in [0.05, 0.1) is 10.2 Å². The van der Waals surface area contributed by atoms with E-state index in [0.29, 0.717) is 11.6 Å². The van der Waals surface area contributed by atoms with Gasteiger partial charge in [0.2, 0.25) is 0 Å². The normalized spacial score (nSPS) is 10.3. The van der Waals surface area contributed by atoms with Crippen molar-refractivity contribution in [3.63, 3.8) is 0 Å². The molecule has 1 aromatic heterocycles. The van der Waals surface area contributed by atoms with Crippen molar-refractivity contribution in [1.82, 2.24) is 4.98 Å². The molecule has 0 saturated heterocycles. The van der Waals surface area contributed by atoms with Gasteiger partial charge in [0, 0.05) is 15.7 Å². The molecule has 0 unspecified atom stereocenters. The van der Waals surface area contributed by atoms with Gasteiger partial charge in [-0.3, -0.25) is 4.98 Å². The standard InChI is InChI=1S/C12H8Br2ClNO/c13-8-1-2-12(11(14)5-8)17-7-10-6-9(15)3-4-16-10/h1-6H,7H2. The van der Waals surface area contributed by atoms with Gasteiger partial charge in [-0.25, -0.2) is 0 Å². The molecule has 0 aliphatic heterocycles. The van der Waals surface area contributed by atoms with Gasteiger partial charge >= 0.3 is 0 Å². The van der Waals surface area contributed by atoms with Crippen molar-refractivity contribution in [2.45, 2.75) is 6.61 Å². The first-order valence-electron chi connectivity index (χ1n) is 4.83. The minimum atomic E-state index is 0.390. The van der Waals surface area contributed by atoms with Gasteiger partial charge in [-0.05, 0) is 46.3 Å². The van der Waals surface area contributed by atoms with E-state index in [1.165, 1.54) is 0 Å². The van der Waals surface area contributed by atoms with E-state index in [1.807, 2.05) is 18.2 Å². The second-order valence-electron chi connectivity index (χ2n) is 3.33. The topological polar surface area (TPSA) is 22.1 Å². The molecule has 0 saturated carbocycles. The molecule has 0 aliphatic carbocycles. The van der Waals surface area contributed by atoms with Crippen LogP contribution in [0.1, 0.15) is 5.69 Å². The van der Waals surface area contributed by atoms with Crippen LogP contribution in [0.4, 0.5) is 0 Å². The predicted molar refractivity (Wildman–Crippen MR) is 75.4 cm³/mol. The smallest absolute Gasteiger partial charge is 0.134 e.